The van der Waals surface area contributed by atoms with Gasteiger partial charge in [0.05, 0.1) is 0 Å². The molecule has 106 valence electrons. The summed E-state index contributed by atoms with van der Waals surface area (Å²) in [5, 5.41) is 11.4. The lowest BCUT2D eigenvalue weighted by atomic mass is 10.1. The van der Waals surface area contributed by atoms with Crippen molar-refractivity contribution < 1.29 is 9.90 Å². The zero-order chi connectivity index (χ0) is 15.2. The van der Waals surface area contributed by atoms with Gasteiger partial charge in [0.2, 0.25) is 0 Å². The van der Waals surface area contributed by atoms with E-state index in [4.69, 9.17) is 5.11 Å². The van der Waals surface area contributed by atoms with E-state index in [1.165, 1.54) is 0 Å². The van der Waals surface area contributed by atoms with Crippen molar-refractivity contribution in [2.45, 2.75) is 13.8 Å². The highest BCUT2D eigenvalue weighted by Gasteiger charge is 2.10. The summed E-state index contributed by atoms with van der Waals surface area (Å²) in [6, 6.07) is 10.9. The molecule has 2 rings (SSSR count). The quantitative estimate of drug-likeness (QED) is 0.830. The van der Waals surface area contributed by atoms with E-state index < -0.39 is 0 Å². The van der Waals surface area contributed by atoms with Crippen LogP contribution in [0.4, 0.5) is 5.82 Å². The van der Waals surface area contributed by atoms with E-state index in [2.05, 4.69) is 22.1 Å². The van der Waals surface area contributed by atoms with Crippen molar-refractivity contribution in [3.8, 4) is 11.8 Å². The third-order valence-electron chi connectivity index (χ3n) is 2.92. The van der Waals surface area contributed by atoms with Gasteiger partial charge in [0.25, 0.3) is 5.91 Å². The van der Waals surface area contributed by atoms with Crippen molar-refractivity contribution in [1.29, 1.82) is 0 Å². The third-order valence-corrected chi connectivity index (χ3v) is 2.92. The molecule has 0 spiro atoms. The van der Waals surface area contributed by atoms with Gasteiger partial charge in [0, 0.05) is 5.56 Å². The van der Waals surface area contributed by atoms with Crippen LogP contribution in [0.1, 0.15) is 27.2 Å². The lowest BCUT2D eigenvalue weighted by Gasteiger charge is -2.08. The van der Waals surface area contributed by atoms with E-state index in [1.54, 1.807) is 18.2 Å². The molecule has 0 bridgehead atoms. The summed E-state index contributed by atoms with van der Waals surface area (Å²) in [7, 11) is 0. The van der Waals surface area contributed by atoms with E-state index in [-0.39, 0.29) is 12.5 Å². The van der Waals surface area contributed by atoms with Gasteiger partial charge in [0.1, 0.15) is 18.1 Å². The summed E-state index contributed by atoms with van der Waals surface area (Å²) in [5.41, 5.74) is 3.07. The van der Waals surface area contributed by atoms with E-state index in [0.29, 0.717) is 17.1 Å². The minimum absolute atomic E-state index is 0.198. The maximum Gasteiger partial charge on any atom is 0.257 e. The Morgan fingerprint density at radius 3 is 2.86 bits per heavy atom. The topological polar surface area (TPSA) is 62.2 Å². The number of anilines is 1. The summed E-state index contributed by atoms with van der Waals surface area (Å²) < 4.78 is 0. The molecule has 0 radical (unpaired) electrons. The van der Waals surface area contributed by atoms with E-state index >= 15 is 0 Å². The van der Waals surface area contributed by atoms with Gasteiger partial charge in [-0.1, -0.05) is 29.7 Å². The van der Waals surface area contributed by atoms with Crippen LogP contribution in [0.15, 0.2) is 36.4 Å². The number of rotatable bonds is 2. The molecule has 0 aliphatic rings. The maximum absolute atomic E-state index is 12.3. The predicted octanol–water partition coefficient (Wildman–Crippen LogP) is 2.29. The standard InChI is InChI=1S/C17H16N2O2/c1-12-8-9-13(2)15(11-12)17(21)19-16-7-3-5-14(18-16)6-4-10-20/h3,5,7-9,11,20H,10H2,1-2H3,(H,18,19,21). The summed E-state index contributed by atoms with van der Waals surface area (Å²) in [6.45, 7) is 3.62. The molecule has 0 aliphatic carbocycles. The predicted molar refractivity (Wildman–Crippen MR) is 82.1 cm³/mol. The van der Waals surface area contributed by atoms with Crippen LogP contribution in [0.3, 0.4) is 0 Å². The number of carbonyl (C=O) groups is 1. The molecule has 0 aliphatic heterocycles. The van der Waals surface area contributed by atoms with Gasteiger partial charge in [-0.3, -0.25) is 4.79 Å². The second kappa shape index (κ2) is 6.69. The number of amides is 1. The Balaban J connectivity index is 2.21. The largest absolute Gasteiger partial charge is 0.384 e. The molecule has 2 N–H and O–H groups in total. The van der Waals surface area contributed by atoms with Crippen LogP contribution in [0, 0.1) is 25.7 Å². The molecular formula is C17H16N2O2. The molecule has 0 atom stereocenters. The number of aromatic nitrogens is 1. The van der Waals surface area contributed by atoms with Crippen LogP contribution < -0.4 is 5.32 Å². The van der Waals surface area contributed by atoms with Crippen LogP contribution in [0.25, 0.3) is 0 Å². The average molecular weight is 280 g/mol. The van der Waals surface area contributed by atoms with Crippen LogP contribution in [-0.2, 0) is 0 Å². The van der Waals surface area contributed by atoms with E-state index in [0.717, 1.165) is 11.1 Å². The smallest absolute Gasteiger partial charge is 0.257 e. The molecule has 1 heterocycles. The van der Waals surface area contributed by atoms with Crippen molar-refractivity contribution in [3.63, 3.8) is 0 Å². The Bertz CT molecular complexity index is 727. The zero-order valence-electron chi connectivity index (χ0n) is 12.0. The molecule has 1 aromatic heterocycles. The molecule has 1 aromatic carbocycles. The fourth-order valence-electron chi connectivity index (χ4n) is 1.87. The highest BCUT2D eigenvalue weighted by atomic mass is 16.2. The number of hydrogen-bond donors (Lipinski definition) is 2. The minimum atomic E-state index is -0.221. The van der Waals surface area contributed by atoms with Gasteiger partial charge >= 0.3 is 0 Å². The first-order valence-electron chi connectivity index (χ1n) is 6.55. The highest BCUT2D eigenvalue weighted by molar-refractivity contribution is 6.04. The Morgan fingerprint density at radius 2 is 2.10 bits per heavy atom. The molecule has 0 unspecified atom stereocenters. The molecular weight excluding hydrogens is 264 g/mol. The Kier molecular flexibility index (Phi) is 4.70. The van der Waals surface area contributed by atoms with Crippen molar-refractivity contribution >= 4 is 11.7 Å². The Morgan fingerprint density at radius 1 is 1.29 bits per heavy atom. The molecule has 0 saturated heterocycles. The van der Waals surface area contributed by atoms with E-state index in [9.17, 15) is 4.79 Å². The van der Waals surface area contributed by atoms with Crippen molar-refractivity contribution in [2.75, 3.05) is 11.9 Å². The highest BCUT2D eigenvalue weighted by Crippen LogP contribution is 2.13. The van der Waals surface area contributed by atoms with Gasteiger partial charge in [-0.25, -0.2) is 4.98 Å². The molecule has 0 saturated carbocycles. The van der Waals surface area contributed by atoms with Crippen molar-refractivity contribution in [3.05, 3.63) is 58.8 Å². The summed E-state index contributed by atoms with van der Waals surface area (Å²) >= 11 is 0. The molecule has 1 amide bonds. The lowest BCUT2D eigenvalue weighted by Crippen LogP contribution is -2.14. The number of pyridine rings is 1. The second-order valence-electron chi connectivity index (χ2n) is 4.64. The molecule has 4 nitrogen and oxygen atoms in total. The number of aryl methyl sites for hydroxylation is 2. The molecule has 0 fully saturated rings. The van der Waals surface area contributed by atoms with Gasteiger partial charge in [-0.2, -0.15) is 0 Å². The molecule has 21 heavy (non-hydrogen) atoms. The molecule has 2 aromatic rings. The summed E-state index contributed by atoms with van der Waals surface area (Å²) in [5.74, 6) is 5.47. The zero-order valence-corrected chi connectivity index (χ0v) is 12.0. The Labute approximate surface area is 123 Å². The fourth-order valence-corrected chi connectivity index (χ4v) is 1.87. The first-order chi connectivity index (χ1) is 10.1. The van der Waals surface area contributed by atoms with Crippen LogP contribution >= 0.6 is 0 Å². The number of aliphatic hydroxyl groups is 1. The van der Waals surface area contributed by atoms with Crippen molar-refractivity contribution in [1.82, 2.24) is 4.98 Å². The molecule has 4 heteroatoms. The maximum atomic E-state index is 12.3. The van der Waals surface area contributed by atoms with Crippen LogP contribution in [0.2, 0.25) is 0 Å². The van der Waals surface area contributed by atoms with Crippen molar-refractivity contribution in [2.24, 2.45) is 0 Å². The average Bonchev–Trinajstić information content (AvgIpc) is 2.48. The minimum Gasteiger partial charge on any atom is -0.384 e. The lowest BCUT2D eigenvalue weighted by molar-refractivity contribution is 0.102. The van der Waals surface area contributed by atoms with Gasteiger partial charge < -0.3 is 10.4 Å². The number of hydrogen-bond acceptors (Lipinski definition) is 3. The fraction of sp³-hybridized carbons (Fsp3) is 0.176. The van der Waals surface area contributed by atoms with E-state index in [1.807, 2.05) is 32.0 Å². The monoisotopic (exact) mass is 280 g/mol. The Hall–Kier alpha value is -2.64. The first-order valence-corrected chi connectivity index (χ1v) is 6.55. The van der Waals surface area contributed by atoms with Crippen LogP contribution in [0.5, 0.6) is 0 Å². The first kappa shape index (κ1) is 14.8. The van der Waals surface area contributed by atoms with Crippen LogP contribution in [-0.4, -0.2) is 22.6 Å². The third kappa shape index (κ3) is 3.91. The normalized spacial score (nSPS) is 9.67. The summed E-state index contributed by atoms with van der Waals surface area (Å²) in [4.78, 5) is 16.5. The van der Waals surface area contributed by atoms with Gasteiger partial charge in [-0.05, 0) is 43.5 Å². The SMILES string of the molecule is Cc1ccc(C)c(C(=O)Nc2cccc(C#CCO)n2)c1. The number of benzene rings is 1. The number of carbonyl (C=O) groups excluding carboxylic acids is 1. The second-order valence-corrected chi connectivity index (χ2v) is 4.64. The number of nitrogens with one attached hydrogen (secondary N) is 1. The number of nitrogens with zero attached hydrogens (tertiary/aromatic N) is 1. The van der Waals surface area contributed by atoms with Gasteiger partial charge in [0.15, 0.2) is 0 Å². The summed E-state index contributed by atoms with van der Waals surface area (Å²) in [6.07, 6.45) is 0. The number of aliphatic hydroxyl groups excluding tert-OH is 1. The van der Waals surface area contributed by atoms with Gasteiger partial charge in [-0.15, -0.1) is 0 Å².